The molecular formula is C4H16. The minimum absolute atomic E-state index is 0. The molecule has 0 spiro atoms. The molecule has 0 unspecified atom stereocenters. The van der Waals surface area contributed by atoms with Crippen LogP contribution in [-0.4, -0.2) is 0 Å². The molecule has 0 aromatic heterocycles. The Morgan fingerprint density at radius 3 is 1.00 bits per heavy atom. The molecule has 0 N–H and O–H groups in total. The van der Waals surface area contributed by atoms with Crippen LogP contribution in [0.2, 0.25) is 0 Å². The molecule has 0 aliphatic carbocycles. The van der Waals surface area contributed by atoms with Gasteiger partial charge in [-0.2, -0.15) is 0 Å². The van der Waals surface area contributed by atoms with Gasteiger partial charge in [-0.3, -0.25) is 0 Å². The van der Waals surface area contributed by atoms with Crippen molar-refractivity contribution in [2.75, 3.05) is 0 Å². The van der Waals surface area contributed by atoms with E-state index in [0.29, 0.717) is 0 Å². The van der Waals surface area contributed by atoms with Crippen LogP contribution in [0.5, 0.6) is 0 Å². The fourth-order valence-electron chi connectivity index (χ4n) is 0. The van der Waals surface area contributed by atoms with Crippen LogP contribution in [-0.2, 0) is 0 Å². The van der Waals surface area contributed by atoms with Crippen LogP contribution in [0.3, 0.4) is 0 Å². The Morgan fingerprint density at radius 2 is 1.00 bits per heavy atom. The van der Waals surface area contributed by atoms with E-state index >= 15 is 0 Å². The highest BCUT2D eigenvalue weighted by Crippen LogP contribution is 1.14. The third-order valence-corrected chi connectivity index (χ3v) is 0. The van der Waals surface area contributed by atoms with Crippen molar-refractivity contribution in [2.45, 2.75) is 28.7 Å². The third-order valence-electron chi connectivity index (χ3n) is 0. The highest BCUT2D eigenvalue weighted by atomic mass is 13.0. The minimum atomic E-state index is 0. The van der Waals surface area contributed by atoms with Gasteiger partial charge in [0.1, 0.15) is 0 Å². The predicted octanol–water partition coefficient (Wildman–Crippen LogP) is 2.54. The van der Waals surface area contributed by atoms with Crippen LogP contribution >= 0.6 is 0 Å². The van der Waals surface area contributed by atoms with Gasteiger partial charge in [0.2, 0.25) is 0 Å². The largest absolute Gasteiger partial charge is 0.0776 e. The van der Waals surface area contributed by atoms with Gasteiger partial charge in [-0.1, -0.05) is 28.7 Å². The van der Waals surface area contributed by atoms with E-state index in [-0.39, 0.29) is 16.3 Å². The number of hydrogen-bond donors (Lipinski definition) is 0. The Labute approximate surface area is 31.3 Å². The quantitative estimate of drug-likeness (QED) is 0.407. The van der Waals surface area contributed by atoms with E-state index in [9.17, 15) is 0 Å². The summed E-state index contributed by atoms with van der Waals surface area (Å²) >= 11 is 0. The maximum atomic E-state index is 2.00. The lowest BCUT2D eigenvalue weighted by Gasteiger charge is -1.07. The van der Waals surface area contributed by atoms with Crippen molar-refractivity contribution in [1.29, 1.82) is 0 Å². The summed E-state index contributed by atoms with van der Waals surface area (Å²) in [7, 11) is 0. The van der Waals surface area contributed by atoms with E-state index in [1.807, 2.05) is 13.8 Å². The van der Waals surface area contributed by atoms with Crippen molar-refractivity contribution in [1.82, 2.24) is 0 Å². The van der Waals surface area contributed by atoms with Crippen LogP contribution in [0.15, 0.2) is 0 Å². The maximum absolute atomic E-state index is 2.00. The zero-order chi connectivity index (χ0) is 2.00. The van der Waals surface area contributed by atoms with Gasteiger partial charge in [-0.25, -0.2) is 0 Å². The van der Waals surface area contributed by atoms with Crippen molar-refractivity contribution >= 4 is 0 Å². The molecule has 0 bridgehead atoms. The van der Waals surface area contributed by atoms with Gasteiger partial charge in [0.25, 0.3) is 0 Å². The molecule has 0 aliphatic rings. The first-order valence-electron chi connectivity index (χ1n) is 1.00. The first kappa shape index (κ1) is 36.0. The van der Waals surface area contributed by atoms with E-state index < -0.39 is 0 Å². The molecule has 0 aromatic carbocycles. The van der Waals surface area contributed by atoms with Crippen LogP contribution in [0.1, 0.15) is 30.1 Å². The van der Waals surface area contributed by atoms with Gasteiger partial charge in [-0.15, -0.1) is 0 Å². The lowest BCUT2D eigenvalue weighted by Crippen LogP contribution is -0.856. The monoisotopic (exact) mass is 65.1 g/mol. The summed E-state index contributed by atoms with van der Waals surface area (Å²) in [5, 5.41) is 0. The molecule has 0 saturated heterocycles. The van der Waals surface area contributed by atoms with Gasteiger partial charge < -0.3 is 0 Å². The summed E-state index contributed by atoms with van der Waals surface area (Å²) in [5.41, 5.74) is 0. The molecule has 0 heterocycles. The van der Waals surface area contributed by atoms with Gasteiger partial charge in [0.05, 0.1) is 0 Å². The van der Waals surface area contributed by atoms with E-state index in [2.05, 4.69) is 0 Å². The third kappa shape index (κ3) is 0. The summed E-state index contributed by atoms with van der Waals surface area (Å²) in [5.74, 6) is 0. The molecule has 0 atom stereocenters. The second-order valence-electron chi connectivity index (χ2n) is 0. The lowest BCUT2D eigenvalue weighted by atomic mass is 11.0. The van der Waals surface area contributed by atoms with E-state index in [1.54, 1.807) is 0 Å². The average molecular weight is 65.2 g/mol. The molecule has 0 aromatic rings. The minimum Gasteiger partial charge on any atom is -0.0776 e. The number of hydrogen-bond acceptors (Lipinski definition) is 0. The fourth-order valence-corrected chi connectivity index (χ4v) is 0. The van der Waals surface area contributed by atoms with E-state index in [4.69, 9.17) is 0 Å². The summed E-state index contributed by atoms with van der Waals surface area (Å²) in [6.45, 7) is 4.00. The van der Waals surface area contributed by atoms with Crippen molar-refractivity contribution in [2.24, 2.45) is 0 Å². The van der Waals surface area contributed by atoms with E-state index in [0.717, 1.165) is 0 Å². The maximum Gasteiger partial charge on any atom is 0 e. The second-order valence-corrected chi connectivity index (χ2v) is 0. The summed E-state index contributed by atoms with van der Waals surface area (Å²) < 4.78 is 0. The first-order valence-corrected chi connectivity index (χ1v) is 1.00. The molecule has 0 fully saturated rings. The standard InChI is InChI=1S/C2H6.2CH4.H2/c1-2;;;/h1-2H3;2*1H4;1H/i;;;1+1. The molecule has 32 valence electrons. The zero-order valence-corrected chi connectivity index (χ0v) is 2.00. The Hall–Kier alpha value is 0. The topological polar surface area (TPSA) is 0 Å². The van der Waals surface area contributed by atoms with Crippen molar-refractivity contribution in [3.63, 3.8) is 0 Å². The molecule has 0 saturated carbocycles. The predicted molar refractivity (Wildman–Crippen MR) is 26.9 cm³/mol. The average Bonchev–Trinajstić information content (AvgIpc) is 1.00. The van der Waals surface area contributed by atoms with Crippen LogP contribution < -0.4 is 0 Å². The van der Waals surface area contributed by atoms with Gasteiger partial charge in [0.15, 0.2) is 0 Å². The molecular weight excluding hydrogens is 48.0 g/mol. The highest BCUT2D eigenvalue weighted by Gasteiger charge is 0.932. The Bertz CT molecular complexity index is 3.61. The van der Waals surface area contributed by atoms with Gasteiger partial charge in [0, 0.05) is 1.43 Å². The molecule has 0 rings (SSSR count). The van der Waals surface area contributed by atoms with Crippen molar-refractivity contribution in [3.05, 3.63) is 0 Å². The summed E-state index contributed by atoms with van der Waals surface area (Å²) in [4.78, 5) is 0. The highest BCUT2D eigenvalue weighted by molar-refractivity contribution is 3.50. The van der Waals surface area contributed by atoms with E-state index in [1.165, 1.54) is 0 Å². The molecule has 0 heteroatoms. The molecule has 4 heavy (non-hydrogen) atoms. The molecule has 0 nitrogen and oxygen atoms in total. The van der Waals surface area contributed by atoms with Gasteiger partial charge >= 0.3 is 0 Å². The smallest absolute Gasteiger partial charge is 0 e. The summed E-state index contributed by atoms with van der Waals surface area (Å²) in [6.07, 6.45) is 0. The number of rotatable bonds is 0. The Morgan fingerprint density at radius 1 is 1.00 bits per heavy atom. The molecule has 0 radical (unpaired) electrons. The van der Waals surface area contributed by atoms with Crippen LogP contribution in [0.4, 0.5) is 0 Å². The van der Waals surface area contributed by atoms with Gasteiger partial charge in [-0.05, 0) is 0 Å². The fraction of sp³-hybridized carbons (Fsp3) is 1.00. The normalized spacial score (nSPS) is 1.50. The van der Waals surface area contributed by atoms with Crippen molar-refractivity contribution < 1.29 is 1.43 Å². The Kier molecular flexibility index (Phi) is 0. The van der Waals surface area contributed by atoms with Crippen LogP contribution in [0.25, 0.3) is 0 Å². The lowest BCUT2D eigenvalue weighted by molar-refractivity contribution is 1.50. The first-order chi connectivity index (χ1) is 1.00. The second kappa shape index (κ2) is 0. The zero-order valence-electron chi connectivity index (χ0n) is 2.00. The Balaban J connectivity index is -0.00000000167. The SMILES string of the molecule is C.C.CC.[2HH]. The molecule has 0 aliphatic heterocycles. The molecule has 0 amide bonds. The summed E-state index contributed by atoms with van der Waals surface area (Å²) in [6, 6.07) is 0. The van der Waals surface area contributed by atoms with Crippen LogP contribution in [0, 0.1) is 0 Å². The van der Waals surface area contributed by atoms with Crippen molar-refractivity contribution in [3.8, 4) is 0 Å².